The highest BCUT2D eigenvalue weighted by Crippen LogP contribution is 2.46. The van der Waals surface area contributed by atoms with E-state index in [1.807, 2.05) is 48.3 Å². The first-order valence-corrected chi connectivity index (χ1v) is 18.8. The third-order valence-electron chi connectivity index (χ3n) is 10.8. The molecule has 246 valence electrons. The summed E-state index contributed by atoms with van der Waals surface area (Å²) in [6.45, 7) is 0. The van der Waals surface area contributed by atoms with Crippen LogP contribution in [0.25, 0.3) is 108 Å². The molecule has 53 heavy (non-hydrogen) atoms. The van der Waals surface area contributed by atoms with Crippen LogP contribution < -0.4 is 0 Å². The van der Waals surface area contributed by atoms with E-state index < -0.39 is 0 Å². The van der Waals surface area contributed by atoms with Crippen molar-refractivity contribution in [3.63, 3.8) is 0 Å². The molecule has 2 nitrogen and oxygen atoms in total. The zero-order valence-corrected chi connectivity index (χ0v) is 29.4. The number of aromatic nitrogens is 2. The van der Waals surface area contributed by atoms with Gasteiger partial charge < -0.3 is 0 Å². The Labute approximate surface area is 310 Å². The zero-order valence-electron chi connectivity index (χ0n) is 28.6. The molecule has 0 spiro atoms. The Kier molecular flexibility index (Phi) is 6.76. The maximum atomic E-state index is 4.47. The van der Waals surface area contributed by atoms with E-state index in [4.69, 9.17) is 0 Å². The molecular formula is C50H30N2S. The average Bonchev–Trinajstić information content (AvgIpc) is 3.62. The van der Waals surface area contributed by atoms with Gasteiger partial charge in [-0.25, -0.2) is 0 Å². The van der Waals surface area contributed by atoms with Crippen LogP contribution in [0.2, 0.25) is 0 Å². The maximum Gasteiger partial charge on any atom is 0.0433 e. The van der Waals surface area contributed by atoms with Crippen molar-refractivity contribution in [1.82, 2.24) is 9.97 Å². The molecule has 0 saturated carbocycles. The SMILES string of the molecule is c1cncc(-c2cc(-c3cccnc3)cc(-c3cc(-c4ccc(-c5cccc6c5sc5ccccc56)cc4)c4ccc5cccc6ccc3c4c56)c2)c1. The largest absolute Gasteiger partial charge is 0.264 e. The van der Waals surface area contributed by atoms with E-state index in [0.29, 0.717) is 0 Å². The predicted molar refractivity (Wildman–Crippen MR) is 226 cm³/mol. The average molecular weight is 691 g/mol. The standard InChI is InChI=1S/C50H30N2S/c1-2-14-47-41(11-1)44-13-4-12-40(50(44)53-47)31-15-17-32(18-16-31)45-28-46(43-22-20-34-8-3-7-33-19-21-42(45)49(43)48(33)34)39-26-37(35-9-5-23-51-29-35)25-38(27-39)36-10-6-24-52-30-36/h1-30H. The minimum absolute atomic E-state index is 1.08. The molecule has 0 fully saturated rings. The Balaban J connectivity index is 1.15. The van der Waals surface area contributed by atoms with Gasteiger partial charge in [-0.2, -0.15) is 0 Å². The molecule has 8 aromatic carbocycles. The highest BCUT2D eigenvalue weighted by Gasteiger charge is 2.19. The number of rotatable bonds is 5. The Bertz CT molecular complexity index is 3070. The second kappa shape index (κ2) is 11.9. The van der Waals surface area contributed by atoms with Gasteiger partial charge >= 0.3 is 0 Å². The van der Waals surface area contributed by atoms with Crippen molar-refractivity contribution in [2.75, 3.05) is 0 Å². The molecule has 0 bridgehead atoms. The van der Waals surface area contributed by atoms with Crippen molar-refractivity contribution in [2.45, 2.75) is 0 Å². The molecular weight excluding hydrogens is 661 g/mol. The topological polar surface area (TPSA) is 25.8 Å². The molecule has 0 amide bonds. The van der Waals surface area contributed by atoms with Crippen LogP contribution in [0.15, 0.2) is 183 Å². The van der Waals surface area contributed by atoms with Crippen LogP contribution in [-0.4, -0.2) is 9.97 Å². The lowest BCUT2D eigenvalue weighted by Crippen LogP contribution is -1.92. The van der Waals surface area contributed by atoms with Crippen molar-refractivity contribution in [2.24, 2.45) is 0 Å². The summed E-state index contributed by atoms with van der Waals surface area (Å²) in [6.07, 6.45) is 7.55. The maximum absolute atomic E-state index is 4.47. The van der Waals surface area contributed by atoms with Gasteiger partial charge in [-0.1, -0.05) is 115 Å². The molecule has 0 aliphatic heterocycles. The van der Waals surface area contributed by atoms with E-state index in [0.717, 1.165) is 27.8 Å². The van der Waals surface area contributed by atoms with Crippen LogP contribution in [0.4, 0.5) is 0 Å². The zero-order chi connectivity index (χ0) is 34.9. The van der Waals surface area contributed by atoms with Crippen LogP contribution in [0, 0.1) is 0 Å². The Morgan fingerprint density at radius 2 is 0.925 bits per heavy atom. The number of thiophene rings is 1. The van der Waals surface area contributed by atoms with E-state index in [2.05, 4.69) is 156 Å². The molecule has 0 atom stereocenters. The van der Waals surface area contributed by atoms with Gasteiger partial charge in [0.15, 0.2) is 0 Å². The lowest BCUT2D eigenvalue weighted by Gasteiger charge is -2.19. The third-order valence-corrected chi connectivity index (χ3v) is 12.0. The predicted octanol–water partition coefficient (Wildman–Crippen LogP) is 14.1. The fourth-order valence-corrected chi connectivity index (χ4v) is 9.53. The molecule has 3 heterocycles. The van der Waals surface area contributed by atoms with Crippen molar-refractivity contribution >= 4 is 63.8 Å². The van der Waals surface area contributed by atoms with Crippen molar-refractivity contribution in [3.8, 4) is 55.6 Å². The highest BCUT2D eigenvalue weighted by molar-refractivity contribution is 7.26. The van der Waals surface area contributed by atoms with Gasteiger partial charge in [0.25, 0.3) is 0 Å². The number of hydrogen-bond donors (Lipinski definition) is 0. The van der Waals surface area contributed by atoms with Crippen LogP contribution >= 0.6 is 11.3 Å². The Morgan fingerprint density at radius 1 is 0.340 bits per heavy atom. The third kappa shape index (κ3) is 4.86. The van der Waals surface area contributed by atoms with E-state index in [9.17, 15) is 0 Å². The van der Waals surface area contributed by atoms with Crippen LogP contribution in [-0.2, 0) is 0 Å². The molecule has 0 radical (unpaired) electrons. The first kappa shape index (κ1) is 30.0. The van der Waals surface area contributed by atoms with Gasteiger partial charge in [0.05, 0.1) is 0 Å². The number of pyridine rings is 2. The van der Waals surface area contributed by atoms with Crippen LogP contribution in [0.3, 0.4) is 0 Å². The fraction of sp³-hybridized carbons (Fsp3) is 0. The van der Waals surface area contributed by atoms with E-state index in [-0.39, 0.29) is 0 Å². The van der Waals surface area contributed by atoms with Gasteiger partial charge in [0.1, 0.15) is 0 Å². The smallest absolute Gasteiger partial charge is 0.0433 e. The Hall–Kier alpha value is -6.68. The fourth-order valence-electron chi connectivity index (χ4n) is 8.30. The second-order valence-electron chi connectivity index (χ2n) is 13.8. The van der Waals surface area contributed by atoms with Gasteiger partial charge in [0.2, 0.25) is 0 Å². The minimum Gasteiger partial charge on any atom is -0.264 e. The molecule has 0 N–H and O–H groups in total. The monoisotopic (exact) mass is 690 g/mol. The lowest BCUT2D eigenvalue weighted by atomic mass is 9.84. The summed E-state index contributed by atoms with van der Waals surface area (Å²) in [4.78, 5) is 8.94. The molecule has 0 unspecified atom stereocenters. The summed E-state index contributed by atoms with van der Waals surface area (Å²) >= 11 is 1.88. The molecule has 0 saturated heterocycles. The van der Waals surface area contributed by atoms with Gasteiger partial charge in [0, 0.05) is 56.1 Å². The summed E-state index contributed by atoms with van der Waals surface area (Å²) in [7, 11) is 0. The number of benzene rings is 8. The minimum atomic E-state index is 1.08. The van der Waals surface area contributed by atoms with Crippen molar-refractivity contribution in [1.29, 1.82) is 0 Å². The van der Waals surface area contributed by atoms with Crippen LogP contribution in [0.1, 0.15) is 0 Å². The van der Waals surface area contributed by atoms with E-state index in [1.54, 1.807) is 0 Å². The summed E-state index contributed by atoms with van der Waals surface area (Å²) in [5.41, 5.74) is 11.7. The number of nitrogens with zero attached hydrogens (tertiary/aromatic N) is 2. The molecule has 3 heteroatoms. The van der Waals surface area contributed by atoms with Gasteiger partial charge in [-0.3, -0.25) is 9.97 Å². The number of fused-ring (bicyclic) bond motifs is 3. The molecule has 11 aromatic rings. The van der Waals surface area contributed by atoms with E-state index in [1.165, 1.54) is 80.3 Å². The second-order valence-corrected chi connectivity index (χ2v) is 14.8. The molecule has 0 aliphatic rings. The number of hydrogen-bond acceptors (Lipinski definition) is 3. The lowest BCUT2D eigenvalue weighted by molar-refractivity contribution is 1.32. The van der Waals surface area contributed by atoms with Gasteiger partial charge in [-0.15, -0.1) is 11.3 Å². The molecule has 3 aromatic heterocycles. The summed E-state index contributed by atoms with van der Waals surface area (Å²) in [5, 5.41) is 10.3. The molecule has 0 aliphatic carbocycles. The van der Waals surface area contributed by atoms with Crippen LogP contribution in [0.5, 0.6) is 0 Å². The normalized spacial score (nSPS) is 11.8. The highest BCUT2D eigenvalue weighted by atomic mass is 32.1. The summed E-state index contributed by atoms with van der Waals surface area (Å²) in [6, 6.07) is 58.1. The van der Waals surface area contributed by atoms with Crippen molar-refractivity contribution < 1.29 is 0 Å². The summed E-state index contributed by atoms with van der Waals surface area (Å²) < 4.78 is 2.66. The van der Waals surface area contributed by atoms with Gasteiger partial charge in [-0.05, 0) is 119 Å². The first-order valence-electron chi connectivity index (χ1n) is 17.9. The van der Waals surface area contributed by atoms with Crippen molar-refractivity contribution in [3.05, 3.63) is 183 Å². The summed E-state index contributed by atoms with van der Waals surface area (Å²) in [5.74, 6) is 0. The van der Waals surface area contributed by atoms with E-state index >= 15 is 0 Å². The first-order chi connectivity index (χ1) is 26.3. The Morgan fingerprint density at radius 3 is 1.58 bits per heavy atom. The quantitative estimate of drug-likeness (QED) is 0.168. The molecule has 11 rings (SSSR count).